The molecule has 0 aliphatic heterocycles. The Balaban J connectivity index is 1.56. The molecule has 108 valence electrons. The molecular formula is C15H25NO2S. The van der Waals surface area contributed by atoms with Gasteiger partial charge in [-0.2, -0.15) is 11.3 Å². The molecule has 2 rings (SSSR count). The minimum Gasteiger partial charge on any atom is -0.389 e. The Morgan fingerprint density at radius 3 is 2.95 bits per heavy atom. The highest BCUT2D eigenvalue weighted by Crippen LogP contribution is 2.20. The van der Waals surface area contributed by atoms with Gasteiger partial charge in [-0.15, -0.1) is 0 Å². The van der Waals surface area contributed by atoms with Gasteiger partial charge in [0.15, 0.2) is 0 Å². The molecule has 1 aromatic rings. The highest BCUT2D eigenvalue weighted by Gasteiger charge is 2.17. The maximum atomic E-state index is 9.90. The van der Waals surface area contributed by atoms with Crippen LogP contribution in [0.3, 0.4) is 0 Å². The Morgan fingerprint density at radius 1 is 1.47 bits per heavy atom. The van der Waals surface area contributed by atoms with Gasteiger partial charge in [-0.1, -0.05) is 12.8 Å². The minimum absolute atomic E-state index is 0.385. The lowest BCUT2D eigenvalue weighted by Crippen LogP contribution is -2.37. The van der Waals surface area contributed by atoms with Crippen molar-refractivity contribution in [3.05, 3.63) is 22.4 Å². The van der Waals surface area contributed by atoms with Gasteiger partial charge in [0.2, 0.25) is 0 Å². The lowest BCUT2D eigenvalue weighted by molar-refractivity contribution is -0.00607. The summed E-state index contributed by atoms with van der Waals surface area (Å²) < 4.78 is 5.71. The Hall–Kier alpha value is -0.420. The van der Waals surface area contributed by atoms with Crippen LogP contribution in [0.2, 0.25) is 0 Å². The lowest BCUT2D eigenvalue weighted by Gasteiger charge is -2.18. The summed E-state index contributed by atoms with van der Waals surface area (Å²) in [6, 6.07) is 2.54. The molecule has 1 saturated carbocycles. The number of aliphatic hydroxyl groups excluding tert-OH is 1. The van der Waals surface area contributed by atoms with E-state index >= 15 is 0 Å². The molecule has 2 unspecified atom stereocenters. The monoisotopic (exact) mass is 283 g/mol. The molecule has 0 bridgehead atoms. The average Bonchev–Trinajstić information content (AvgIpc) is 3.06. The maximum absolute atomic E-state index is 9.90. The molecule has 1 aliphatic carbocycles. The Morgan fingerprint density at radius 2 is 2.26 bits per heavy atom. The second-order valence-electron chi connectivity index (χ2n) is 5.54. The molecule has 1 fully saturated rings. The molecule has 3 nitrogen and oxygen atoms in total. The van der Waals surface area contributed by atoms with Crippen LogP contribution < -0.4 is 5.32 Å². The first kappa shape index (κ1) is 15.0. The molecule has 1 heterocycles. The van der Waals surface area contributed by atoms with E-state index in [2.05, 4.69) is 29.1 Å². The third-order valence-electron chi connectivity index (χ3n) is 3.65. The van der Waals surface area contributed by atoms with Gasteiger partial charge in [0.05, 0.1) is 18.8 Å². The highest BCUT2D eigenvalue weighted by atomic mass is 32.1. The predicted molar refractivity (Wildman–Crippen MR) is 79.7 cm³/mol. The van der Waals surface area contributed by atoms with Crippen molar-refractivity contribution < 1.29 is 9.84 Å². The quantitative estimate of drug-likeness (QED) is 0.770. The number of thiophene rings is 1. The predicted octanol–water partition coefficient (Wildman–Crippen LogP) is 2.59. The van der Waals surface area contributed by atoms with Crippen molar-refractivity contribution in [1.82, 2.24) is 5.32 Å². The first-order chi connectivity index (χ1) is 9.24. The largest absolute Gasteiger partial charge is 0.389 e. The molecule has 2 atom stereocenters. The van der Waals surface area contributed by atoms with E-state index in [4.69, 9.17) is 4.74 Å². The van der Waals surface area contributed by atoms with Crippen molar-refractivity contribution in [2.45, 2.75) is 57.3 Å². The van der Waals surface area contributed by atoms with Crippen molar-refractivity contribution in [1.29, 1.82) is 0 Å². The molecule has 2 N–H and O–H groups in total. The van der Waals surface area contributed by atoms with Gasteiger partial charge >= 0.3 is 0 Å². The van der Waals surface area contributed by atoms with Gasteiger partial charge in [0.25, 0.3) is 0 Å². The summed E-state index contributed by atoms with van der Waals surface area (Å²) in [6.07, 6.45) is 5.87. The number of hydrogen-bond donors (Lipinski definition) is 2. The standard InChI is InChI=1S/C15H25NO2S/c1-12(8-13-6-7-19-11-13)16-9-14(17)10-18-15-4-2-3-5-15/h6-7,11-12,14-17H,2-5,8-10H2,1H3. The molecule has 0 spiro atoms. The number of rotatable bonds is 8. The van der Waals surface area contributed by atoms with E-state index in [1.54, 1.807) is 11.3 Å². The fraction of sp³-hybridized carbons (Fsp3) is 0.733. The Kier molecular flexibility index (Phi) is 6.31. The zero-order valence-electron chi connectivity index (χ0n) is 11.7. The van der Waals surface area contributed by atoms with E-state index in [0.29, 0.717) is 25.3 Å². The number of ether oxygens (including phenoxy) is 1. The van der Waals surface area contributed by atoms with Crippen LogP contribution in [0.1, 0.15) is 38.2 Å². The molecule has 0 amide bonds. The minimum atomic E-state index is -0.398. The summed E-state index contributed by atoms with van der Waals surface area (Å²) >= 11 is 1.73. The van der Waals surface area contributed by atoms with E-state index < -0.39 is 6.10 Å². The highest BCUT2D eigenvalue weighted by molar-refractivity contribution is 7.07. The second kappa shape index (κ2) is 8.00. The van der Waals surface area contributed by atoms with E-state index in [1.165, 1.54) is 18.4 Å². The van der Waals surface area contributed by atoms with E-state index in [-0.39, 0.29) is 0 Å². The molecule has 0 aromatic carbocycles. The van der Waals surface area contributed by atoms with Gasteiger partial charge in [0.1, 0.15) is 0 Å². The van der Waals surface area contributed by atoms with Gasteiger partial charge in [0, 0.05) is 12.6 Å². The molecular weight excluding hydrogens is 258 g/mol. The Bertz CT molecular complexity index is 336. The van der Waals surface area contributed by atoms with Gasteiger partial charge < -0.3 is 15.2 Å². The second-order valence-corrected chi connectivity index (χ2v) is 6.32. The van der Waals surface area contributed by atoms with Gasteiger partial charge in [-0.25, -0.2) is 0 Å². The number of hydrogen-bond acceptors (Lipinski definition) is 4. The first-order valence-corrected chi connectivity index (χ1v) is 8.22. The van der Waals surface area contributed by atoms with Crippen LogP contribution in [-0.2, 0) is 11.2 Å². The topological polar surface area (TPSA) is 41.5 Å². The third kappa shape index (κ3) is 5.61. The fourth-order valence-corrected chi connectivity index (χ4v) is 3.21. The van der Waals surface area contributed by atoms with Crippen LogP contribution in [0.4, 0.5) is 0 Å². The molecule has 1 aromatic heterocycles. The van der Waals surface area contributed by atoms with Crippen molar-refractivity contribution in [2.24, 2.45) is 0 Å². The van der Waals surface area contributed by atoms with Gasteiger partial charge in [-0.3, -0.25) is 0 Å². The number of nitrogens with one attached hydrogen (secondary N) is 1. The zero-order chi connectivity index (χ0) is 13.5. The zero-order valence-corrected chi connectivity index (χ0v) is 12.5. The van der Waals surface area contributed by atoms with E-state index in [9.17, 15) is 5.11 Å². The van der Waals surface area contributed by atoms with Crippen molar-refractivity contribution in [3.63, 3.8) is 0 Å². The van der Waals surface area contributed by atoms with Crippen LogP contribution in [0.5, 0.6) is 0 Å². The molecule has 0 saturated heterocycles. The normalized spacial score (nSPS) is 19.7. The van der Waals surface area contributed by atoms with Gasteiger partial charge in [-0.05, 0) is 48.6 Å². The first-order valence-electron chi connectivity index (χ1n) is 7.28. The number of aliphatic hydroxyl groups is 1. The smallest absolute Gasteiger partial charge is 0.0897 e. The summed E-state index contributed by atoms with van der Waals surface area (Å²) in [4.78, 5) is 0. The maximum Gasteiger partial charge on any atom is 0.0897 e. The van der Waals surface area contributed by atoms with Crippen LogP contribution in [0, 0.1) is 0 Å². The molecule has 0 radical (unpaired) electrons. The van der Waals surface area contributed by atoms with E-state index in [0.717, 1.165) is 19.3 Å². The van der Waals surface area contributed by atoms with Crippen LogP contribution in [0.25, 0.3) is 0 Å². The third-order valence-corrected chi connectivity index (χ3v) is 4.38. The van der Waals surface area contributed by atoms with Crippen LogP contribution in [-0.4, -0.2) is 36.5 Å². The SMILES string of the molecule is CC(Cc1ccsc1)NCC(O)COC1CCCC1. The van der Waals surface area contributed by atoms with Crippen molar-refractivity contribution >= 4 is 11.3 Å². The van der Waals surface area contributed by atoms with Crippen molar-refractivity contribution in [2.75, 3.05) is 13.2 Å². The summed E-state index contributed by atoms with van der Waals surface area (Å²) in [6.45, 7) is 3.23. The molecule has 4 heteroatoms. The fourth-order valence-electron chi connectivity index (χ4n) is 2.53. The van der Waals surface area contributed by atoms with Crippen LogP contribution in [0.15, 0.2) is 16.8 Å². The Labute approximate surface area is 120 Å². The van der Waals surface area contributed by atoms with Crippen molar-refractivity contribution in [3.8, 4) is 0 Å². The average molecular weight is 283 g/mol. The van der Waals surface area contributed by atoms with E-state index in [1.807, 2.05) is 0 Å². The molecule has 19 heavy (non-hydrogen) atoms. The van der Waals surface area contributed by atoms with Crippen LogP contribution >= 0.6 is 11.3 Å². The lowest BCUT2D eigenvalue weighted by atomic mass is 10.1. The molecule has 1 aliphatic rings. The summed E-state index contributed by atoms with van der Waals surface area (Å²) in [5.41, 5.74) is 1.36. The summed E-state index contributed by atoms with van der Waals surface area (Å²) in [7, 11) is 0. The summed E-state index contributed by atoms with van der Waals surface area (Å²) in [5, 5.41) is 17.6. The summed E-state index contributed by atoms with van der Waals surface area (Å²) in [5.74, 6) is 0.